The minimum atomic E-state index is -0.153. The van der Waals surface area contributed by atoms with Crippen LogP contribution in [0.25, 0.3) is 0 Å². The predicted molar refractivity (Wildman–Crippen MR) is 62.8 cm³/mol. The van der Waals surface area contributed by atoms with Crippen LogP contribution < -0.4 is 5.32 Å². The summed E-state index contributed by atoms with van der Waals surface area (Å²) in [4.78, 5) is 11.2. The van der Waals surface area contributed by atoms with Gasteiger partial charge in [-0.1, -0.05) is 22.9 Å². The average molecular weight is 274 g/mol. The van der Waals surface area contributed by atoms with Crippen LogP contribution in [0.4, 0.5) is 0 Å². The fourth-order valence-corrected chi connectivity index (χ4v) is 1.51. The molecule has 15 heavy (non-hydrogen) atoms. The van der Waals surface area contributed by atoms with E-state index in [9.17, 15) is 4.79 Å². The molecule has 84 valence electrons. The molecule has 5 heteroatoms. The molecule has 1 aromatic rings. The van der Waals surface area contributed by atoms with Gasteiger partial charge in [0.1, 0.15) is 0 Å². The Labute approximate surface area is 98.2 Å². The van der Waals surface area contributed by atoms with Crippen LogP contribution in [-0.4, -0.2) is 20.5 Å². The van der Waals surface area contributed by atoms with E-state index < -0.39 is 0 Å². The van der Waals surface area contributed by atoms with Gasteiger partial charge in [-0.3, -0.25) is 9.48 Å². The molecule has 0 bridgehead atoms. The van der Waals surface area contributed by atoms with Crippen LogP contribution in [0.15, 0.2) is 6.20 Å². The summed E-state index contributed by atoms with van der Waals surface area (Å²) in [5, 5.41) is 7.15. The summed E-state index contributed by atoms with van der Waals surface area (Å²) >= 11 is 3.22. The maximum Gasteiger partial charge on any atom is 0.233 e. The topological polar surface area (TPSA) is 46.9 Å². The second-order valence-corrected chi connectivity index (χ2v) is 4.84. The first kappa shape index (κ1) is 12.2. The van der Waals surface area contributed by atoms with Crippen molar-refractivity contribution in [1.29, 1.82) is 0 Å². The summed E-state index contributed by atoms with van der Waals surface area (Å²) in [6.07, 6.45) is 2.83. The van der Waals surface area contributed by atoms with E-state index >= 15 is 0 Å². The summed E-state index contributed by atoms with van der Waals surface area (Å²) in [7, 11) is 1.89. The molecule has 1 rings (SSSR count). The molecule has 1 heterocycles. The predicted octanol–water partition coefficient (Wildman–Crippen LogP) is 1.38. The van der Waals surface area contributed by atoms with Gasteiger partial charge in [-0.2, -0.15) is 5.10 Å². The Balaban J connectivity index is 2.60. The molecule has 0 aliphatic rings. The minimum Gasteiger partial charge on any atom is -0.351 e. The zero-order chi connectivity index (χ0) is 11.4. The van der Waals surface area contributed by atoms with Gasteiger partial charge in [0, 0.05) is 25.4 Å². The number of carbonyl (C=O) groups excluding carboxylic acids is 1. The molecule has 0 radical (unpaired) electrons. The highest BCUT2D eigenvalue weighted by Gasteiger charge is 2.10. The van der Waals surface area contributed by atoms with Crippen LogP contribution in [0.1, 0.15) is 25.1 Å². The molecule has 0 aliphatic carbocycles. The van der Waals surface area contributed by atoms with Gasteiger partial charge < -0.3 is 5.32 Å². The minimum absolute atomic E-state index is 0.000839. The van der Waals surface area contributed by atoms with Crippen molar-refractivity contribution in [3.8, 4) is 0 Å². The lowest BCUT2D eigenvalue weighted by Gasteiger charge is -2.05. The van der Waals surface area contributed by atoms with E-state index in [1.54, 1.807) is 11.6 Å². The van der Waals surface area contributed by atoms with E-state index in [2.05, 4.69) is 33.3 Å². The molecule has 4 nitrogen and oxygen atoms in total. The fraction of sp³-hybridized carbons (Fsp3) is 0.600. The molecule has 1 amide bonds. The lowest BCUT2D eigenvalue weighted by molar-refractivity contribution is -0.120. The fourth-order valence-electron chi connectivity index (χ4n) is 1.35. The number of amides is 1. The second-order valence-electron chi connectivity index (χ2n) is 3.46. The van der Waals surface area contributed by atoms with Crippen LogP contribution in [0.2, 0.25) is 0 Å². The summed E-state index contributed by atoms with van der Waals surface area (Å²) in [5.41, 5.74) is 2.13. The third-order valence-corrected chi connectivity index (χ3v) is 2.56. The largest absolute Gasteiger partial charge is 0.351 e. The molecule has 0 spiro atoms. The standard InChI is InChI=1S/C10H16BrN3O/c1-4-9-8(6-14(3)13-9)5-12-10(15)7(2)11/h6-7H,4-5H2,1-3H3,(H,12,15). The third-order valence-electron chi connectivity index (χ3n) is 2.14. The summed E-state index contributed by atoms with van der Waals surface area (Å²) < 4.78 is 1.78. The highest BCUT2D eigenvalue weighted by Crippen LogP contribution is 2.07. The third kappa shape index (κ3) is 3.34. The summed E-state index contributed by atoms with van der Waals surface area (Å²) in [6.45, 7) is 4.41. The van der Waals surface area contributed by atoms with Gasteiger partial charge in [0.05, 0.1) is 10.5 Å². The zero-order valence-corrected chi connectivity index (χ0v) is 10.8. The second kappa shape index (κ2) is 5.30. The van der Waals surface area contributed by atoms with Crippen molar-refractivity contribution in [2.45, 2.75) is 31.6 Å². The first-order valence-electron chi connectivity index (χ1n) is 4.97. The lowest BCUT2D eigenvalue weighted by Crippen LogP contribution is -2.28. The monoisotopic (exact) mass is 273 g/mol. The number of nitrogens with one attached hydrogen (secondary N) is 1. The Bertz CT molecular complexity index is 346. The molecular formula is C10H16BrN3O. The van der Waals surface area contributed by atoms with E-state index in [1.165, 1.54) is 0 Å². The maximum atomic E-state index is 11.3. The highest BCUT2D eigenvalue weighted by atomic mass is 79.9. The van der Waals surface area contributed by atoms with Crippen molar-refractivity contribution in [3.63, 3.8) is 0 Å². The molecule has 1 N–H and O–H groups in total. The van der Waals surface area contributed by atoms with E-state index in [0.29, 0.717) is 6.54 Å². The van der Waals surface area contributed by atoms with Gasteiger partial charge in [0.25, 0.3) is 0 Å². The molecule has 1 unspecified atom stereocenters. The average Bonchev–Trinajstić information content (AvgIpc) is 2.55. The molecule has 1 aromatic heterocycles. The van der Waals surface area contributed by atoms with Crippen LogP contribution >= 0.6 is 15.9 Å². The Kier molecular flexibility index (Phi) is 4.32. The first-order chi connectivity index (χ1) is 7.04. The highest BCUT2D eigenvalue weighted by molar-refractivity contribution is 9.10. The molecule has 0 aromatic carbocycles. The molecule has 0 aliphatic heterocycles. The summed E-state index contributed by atoms with van der Waals surface area (Å²) in [5.74, 6) is 0.000839. The number of carbonyl (C=O) groups is 1. The van der Waals surface area contributed by atoms with Crippen LogP contribution in [-0.2, 0) is 24.8 Å². The number of hydrogen-bond acceptors (Lipinski definition) is 2. The molecule has 0 saturated heterocycles. The number of aryl methyl sites for hydroxylation is 2. The zero-order valence-electron chi connectivity index (χ0n) is 9.25. The van der Waals surface area contributed by atoms with E-state index in [4.69, 9.17) is 0 Å². The number of halogens is 1. The number of hydrogen-bond donors (Lipinski definition) is 1. The van der Waals surface area contributed by atoms with Crippen molar-refractivity contribution < 1.29 is 4.79 Å². The molecule has 1 atom stereocenters. The Morgan fingerprint density at radius 3 is 2.93 bits per heavy atom. The quantitative estimate of drug-likeness (QED) is 0.843. The van der Waals surface area contributed by atoms with Gasteiger partial charge in [0.2, 0.25) is 5.91 Å². The van der Waals surface area contributed by atoms with Crippen LogP contribution in [0, 0.1) is 0 Å². The van der Waals surface area contributed by atoms with Gasteiger partial charge >= 0.3 is 0 Å². The first-order valence-corrected chi connectivity index (χ1v) is 5.89. The van der Waals surface area contributed by atoms with Gasteiger partial charge in [-0.15, -0.1) is 0 Å². The normalized spacial score (nSPS) is 12.5. The van der Waals surface area contributed by atoms with Gasteiger partial charge in [0.15, 0.2) is 0 Å². The SMILES string of the molecule is CCc1nn(C)cc1CNC(=O)C(C)Br. The van der Waals surface area contributed by atoms with E-state index in [1.807, 2.05) is 13.2 Å². The Morgan fingerprint density at radius 1 is 1.73 bits per heavy atom. The van der Waals surface area contributed by atoms with Crippen LogP contribution in [0.3, 0.4) is 0 Å². The number of nitrogens with zero attached hydrogens (tertiary/aromatic N) is 2. The van der Waals surface area contributed by atoms with Gasteiger partial charge in [-0.25, -0.2) is 0 Å². The number of rotatable bonds is 4. The van der Waals surface area contributed by atoms with Crippen molar-refractivity contribution in [2.24, 2.45) is 7.05 Å². The van der Waals surface area contributed by atoms with Crippen molar-refractivity contribution in [3.05, 3.63) is 17.5 Å². The Hall–Kier alpha value is -0.840. The van der Waals surface area contributed by atoms with Gasteiger partial charge in [-0.05, 0) is 13.3 Å². The van der Waals surface area contributed by atoms with Crippen LogP contribution in [0.5, 0.6) is 0 Å². The smallest absolute Gasteiger partial charge is 0.233 e. The molecular weight excluding hydrogens is 258 g/mol. The summed E-state index contributed by atoms with van der Waals surface area (Å²) in [6, 6.07) is 0. The van der Waals surface area contributed by atoms with E-state index in [-0.39, 0.29) is 10.7 Å². The maximum absolute atomic E-state index is 11.3. The molecule has 0 fully saturated rings. The van der Waals surface area contributed by atoms with E-state index in [0.717, 1.165) is 17.7 Å². The van der Waals surface area contributed by atoms with Crippen molar-refractivity contribution in [1.82, 2.24) is 15.1 Å². The lowest BCUT2D eigenvalue weighted by atomic mass is 10.2. The number of alkyl halides is 1. The number of aromatic nitrogens is 2. The van der Waals surface area contributed by atoms with Crippen molar-refractivity contribution in [2.75, 3.05) is 0 Å². The Morgan fingerprint density at radius 2 is 2.40 bits per heavy atom. The van der Waals surface area contributed by atoms with Crippen molar-refractivity contribution >= 4 is 21.8 Å². The molecule has 0 saturated carbocycles.